The van der Waals surface area contributed by atoms with Crippen molar-refractivity contribution >= 4 is 5.97 Å². The van der Waals surface area contributed by atoms with Crippen molar-refractivity contribution in [3.05, 3.63) is 47.2 Å². The number of rotatable bonds is 5. The highest BCUT2D eigenvalue weighted by Crippen LogP contribution is 2.15. The Morgan fingerprint density at radius 2 is 1.90 bits per heavy atom. The highest BCUT2D eigenvalue weighted by atomic mass is 16.5. The summed E-state index contributed by atoms with van der Waals surface area (Å²) in [5.74, 6) is -0.264. The van der Waals surface area contributed by atoms with Gasteiger partial charge in [0.15, 0.2) is 0 Å². The van der Waals surface area contributed by atoms with Crippen molar-refractivity contribution in [2.45, 2.75) is 26.7 Å². The lowest BCUT2D eigenvalue weighted by Crippen LogP contribution is -2.10. The molecule has 1 aromatic carbocycles. The number of benzene rings is 1. The Morgan fingerprint density at radius 3 is 2.52 bits per heavy atom. The molecule has 0 amide bonds. The highest BCUT2D eigenvalue weighted by Gasteiger charge is 2.11. The summed E-state index contributed by atoms with van der Waals surface area (Å²) in [5, 5.41) is 0. The Kier molecular flexibility index (Phi) is 4.87. The van der Waals surface area contributed by atoms with E-state index in [1.54, 1.807) is 25.1 Å². The lowest BCUT2D eigenvalue weighted by atomic mass is 10.1. The minimum absolute atomic E-state index is 0.177. The zero-order valence-electron chi connectivity index (χ0n) is 12.4. The largest absolute Gasteiger partial charge is 0.467 e. The van der Waals surface area contributed by atoms with Crippen LogP contribution in [0.5, 0.6) is 11.9 Å². The van der Waals surface area contributed by atoms with E-state index in [0.29, 0.717) is 11.3 Å². The molecular formula is C16H18N2O3. The monoisotopic (exact) mass is 286 g/mol. The molecule has 0 spiro atoms. The normalized spacial score (nSPS) is 10.2. The third-order valence-electron chi connectivity index (χ3n) is 2.92. The van der Waals surface area contributed by atoms with Gasteiger partial charge in [0, 0.05) is 11.8 Å². The van der Waals surface area contributed by atoms with Crippen LogP contribution in [-0.4, -0.2) is 23.0 Å². The van der Waals surface area contributed by atoms with Gasteiger partial charge in [-0.3, -0.25) is 0 Å². The number of esters is 1. The van der Waals surface area contributed by atoms with Crippen LogP contribution in [0.4, 0.5) is 0 Å². The molecule has 0 aliphatic carbocycles. The first kappa shape index (κ1) is 15.0. The van der Waals surface area contributed by atoms with Crippen LogP contribution in [-0.2, 0) is 6.42 Å². The van der Waals surface area contributed by atoms with Crippen molar-refractivity contribution in [2.24, 2.45) is 0 Å². The number of ether oxygens (including phenoxy) is 2. The zero-order chi connectivity index (χ0) is 15.2. The van der Waals surface area contributed by atoms with Crippen LogP contribution < -0.4 is 9.47 Å². The molecule has 0 fully saturated rings. The van der Waals surface area contributed by atoms with Gasteiger partial charge in [0.25, 0.3) is 0 Å². The molecule has 0 bridgehead atoms. The summed E-state index contributed by atoms with van der Waals surface area (Å²) < 4.78 is 10.2. The number of hydrogen-bond donors (Lipinski definition) is 0. The number of aryl methyl sites for hydroxylation is 2. The van der Waals surface area contributed by atoms with Gasteiger partial charge < -0.3 is 9.47 Å². The van der Waals surface area contributed by atoms with Crippen LogP contribution >= 0.6 is 0 Å². The van der Waals surface area contributed by atoms with Crippen LogP contribution in [0.2, 0.25) is 0 Å². The molecule has 0 aliphatic rings. The molecule has 2 rings (SSSR count). The van der Waals surface area contributed by atoms with Crippen molar-refractivity contribution in [3.63, 3.8) is 0 Å². The highest BCUT2D eigenvalue weighted by molar-refractivity contribution is 5.90. The Hall–Kier alpha value is -2.43. The first-order valence-electron chi connectivity index (χ1n) is 6.83. The van der Waals surface area contributed by atoms with E-state index in [0.717, 1.165) is 12.8 Å². The molecule has 1 aromatic heterocycles. The first-order valence-corrected chi connectivity index (χ1v) is 6.83. The minimum atomic E-state index is -0.446. The fraction of sp³-hybridized carbons (Fsp3) is 0.312. The molecule has 0 radical (unpaired) electrons. The van der Waals surface area contributed by atoms with Crippen LogP contribution in [0.15, 0.2) is 30.3 Å². The molecule has 0 atom stereocenters. The summed E-state index contributed by atoms with van der Waals surface area (Å²) in [6.07, 6.45) is 2.07. The van der Waals surface area contributed by atoms with E-state index in [2.05, 4.69) is 16.9 Å². The van der Waals surface area contributed by atoms with Gasteiger partial charge in [-0.25, -0.2) is 9.78 Å². The molecule has 0 aliphatic heterocycles. The van der Waals surface area contributed by atoms with Crippen LogP contribution in [0.3, 0.4) is 0 Å². The van der Waals surface area contributed by atoms with Crippen LogP contribution in [0.1, 0.15) is 35.0 Å². The number of hydrogen-bond acceptors (Lipinski definition) is 5. The number of methoxy groups -OCH3 is 1. The maximum atomic E-state index is 12.1. The second-order valence-electron chi connectivity index (χ2n) is 4.67. The minimum Gasteiger partial charge on any atom is -0.467 e. The van der Waals surface area contributed by atoms with Gasteiger partial charge in [-0.15, -0.1) is 0 Å². The maximum absolute atomic E-state index is 12.1. The summed E-state index contributed by atoms with van der Waals surface area (Å²) in [4.78, 5) is 20.1. The molecule has 0 unspecified atom stereocenters. The standard InChI is InChI=1S/C16H18N2O3/c1-4-5-12-6-8-13(9-7-12)15(19)21-14-10-11(2)17-16(18-14)20-3/h6-10H,4-5H2,1-3H3. The van der Waals surface area contributed by atoms with E-state index in [4.69, 9.17) is 9.47 Å². The average Bonchev–Trinajstić information content (AvgIpc) is 2.47. The second-order valence-corrected chi connectivity index (χ2v) is 4.67. The van der Waals surface area contributed by atoms with Gasteiger partial charge >= 0.3 is 12.0 Å². The van der Waals surface area contributed by atoms with Crippen LogP contribution in [0, 0.1) is 6.92 Å². The molecule has 5 heteroatoms. The van der Waals surface area contributed by atoms with E-state index < -0.39 is 5.97 Å². The number of carbonyl (C=O) groups is 1. The molecule has 0 saturated carbocycles. The Morgan fingerprint density at radius 1 is 1.19 bits per heavy atom. The predicted molar refractivity (Wildman–Crippen MR) is 78.7 cm³/mol. The number of carbonyl (C=O) groups excluding carboxylic acids is 1. The third kappa shape index (κ3) is 4.02. The summed E-state index contributed by atoms with van der Waals surface area (Å²) in [6, 6.07) is 9.16. The molecule has 21 heavy (non-hydrogen) atoms. The molecule has 0 saturated heterocycles. The van der Waals surface area contributed by atoms with Crippen molar-refractivity contribution in [3.8, 4) is 11.9 Å². The Bertz CT molecular complexity index is 624. The Labute approximate surface area is 124 Å². The van der Waals surface area contributed by atoms with Crippen LogP contribution in [0.25, 0.3) is 0 Å². The fourth-order valence-corrected chi connectivity index (χ4v) is 1.91. The topological polar surface area (TPSA) is 61.3 Å². The lowest BCUT2D eigenvalue weighted by molar-refractivity contribution is 0.0726. The van der Waals surface area contributed by atoms with Crippen molar-refractivity contribution in [1.82, 2.24) is 9.97 Å². The maximum Gasteiger partial charge on any atom is 0.344 e. The lowest BCUT2D eigenvalue weighted by Gasteiger charge is -2.06. The zero-order valence-corrected chi connectivity index (χ0v) is 12.4. The van der Waals surface area contributed by atoms with Gasteiger partial charge in [0.2, 0.25) is 5.88 Å². The number of nitrogens with zero attached hydrogens (tertiary/aromatic N) is 2. The van der Waals surface area contributed by atoms with E-state index in [9.17, 15) is 4.79 Å². The van der Waals surface area contributed by atoms with Gasteiger partial charge in [-0.05, 0) is 31.0 Å². The van der Waals surface area contributed by atoms with Crippen molar-refractivity contribution in [1.29, 1.82) is 0 Å². The Balaban J connectivity index is 2.12. The van der Waals surface area contributed by atoms with Gasteiger partial charge in [-0.2, -0.15) is 4.98 Å². The average molecular weight is 286 g/mol. The molecule has 110 valence electrons. The summed E-state index contributed by atoms with van der Waals surface area (Å²) in [7, 11) is 1.47. The molecule has 5 nitrogen and oxygen atoms in total. The van der Waals surface area contributed by atoms with Crippen molar-refractivity contribution < 1.29 is 14.3 Å². The quantitative estimate of drug-likeness (QED) is 0.791. The van der Waals surface area contributed by atoms with E-state index >= 15 is 0 Å². The van der Waals surface area contributed by atoms with Gasteiger partial charge in [-0.1, -0.05) is 25.5 Å². The molecular weight excluding hydrogens is 268 g/mol. The van der Waals surface area contributed by atoms with Gasteiger partial charge in [0.05, 0.1) is 12.7 Å². The fourth-order valence-electron chi connectivity index (χ4n) is 1.91. The molecule has 1 heterocycles. The summed E-state index contributed by atoms with van der Waals surface area (Å²) >= 11 is 0. The van der Waals surface area contributed by atoms with E-state index in [1.807, 2.05) is 12.1 Å². The molecule has 0 N–H and O–H groups in total. The van der Waals surface area contributed by atoms with Crippen molar-refractivity contribution in [2.75, 3.05) is 7.11 Å². The predicted octanol–water partition coefficient (Wildman–Crippen LogP) is 2.97. The summed E-state index contributed by atoms with van der Waals surface area (Å²) in [6.45, 7) is 3.90. The van der Waals surface area contributed by atoms with E-state index in [1.165, 1.54) is 12.7 Å². The van der Waals surface area contributed by atoms with Gasteiger partial charge in [0.1, 0.15) is 0 Å². The second kappa shape index (κ2) is 6.83. The SMILES string of the molecule is CCCc1ccc(C(=O)Oc2cc(C)nc(OC)n2)cc1. The smallest absolute Gasteiger partial charge is 0.344 e. The molecule has 2 aromatic rings. The summed E-state index contributed by atoms with van der Waals surface area (Å²) in [5.41, 5.74) is 2.36. The van der Waals surface area contributed by atoms with E-state index in [-0.39, 0.29) is 11.9 Å². The first-order chi connectivity index (χ1) is 10.1. The third-order valence-corrected chi connectivity index (χ3v) is 2.92. The number of aromatic nitrogens is 2.